The largest absolute Gasteiger partial charge is 0.437 e. The molecule has 5 heteroatoms. The van der Waals surface area contributed by atoms with Crippen LogP contribution in [-0.4, -0.2) is 4.98 Å². The van der Waals surface area contributed by atoms with Crippen LogP contribution in [0.2, 0.25) is 0 Å². The SMILES string of the molecule is Cc1nc(SCc2ccc(N)c(F)c2)oc1C. The summed E-state index contributed by atoms with van der Waals surface area (Å²) in [6.07, 6.45) is 0. The summed E-state index contributed by atoms with van der Waals surface area (Å²) in [5.41, 5.74) is 7.32. The molecule has 0 atom stereocenters. The second kappa shape index (κ2) is 4.79. The van der Waals surface area contributed by atoms with Gasteiger partial charge in [0.25, 0.3) is 5.22 Å². The monoisotopic (exact) mass is 252 g/mol. The maximum absolute atomic E-state index is 13.2. The van der Waals surface area contributed by atoms with Gasteiger partial charge in [-0.15, -0.1) is 0 Å². The molecular weight excluding hydrogens is 239 g/mol. The predicted molar refractivity (Wildman–Crippen MR) is 66.4 cm³/mol. The Morgan fingerprint density at radius 3 is 2.76 bits per heavy atom. The highest BCUT2D eigenvalue weighted by molar-refractivity contribution is 7.98. The Hall–Kier alpha value is -1.49. The van der Waals surface area contributed by atoms with Gasteiger partial charge < -0.3 is 10.2 Å². The molecule has 1 aromatic carbocycles. The number of aryl methyl sites for hydroxylation is 2. The number of oxazole rings is 1. The minimum Gasteiger partial charge on any atom is -0.437 e. The first-order chi connectivity index (χ1) is 8.06. The quantitative estimate of drug-likeness (QED) is 0.672. The summed E-state index contributed by atoms with van der Waals surface area (Å²) in [7, 11) is 0. The van der Waals surface area contributed by atoms with Crippen molar-refractivity contribution >= 4 is 17.4 Å². The van der Waals surface area contributed by atoms with Crippen molar-refractivity contribution in [1.29, 1.82) is 0 Å². The molecule has 90 valence electrons. The first-order valence-electron chi connectivity index (χ1n) is 5.17. The van der Waals surface area contributed by atoms with Crippen LogP contribution >= 0.6 is 11.8 Å². The van der Waals surface area contributed by atoms with Gasteiger partial charge in [-0.1, -0.05) is 17.8 Å². The molecule has 0 unspecified atom stereocenters. The molecule has 0 spiro atoms. The Kier molecular flexibility index (Phi) is 3.38. The highest BCUT2D eigenvalue weighted by Crippen LogP contribution is 2.25. The minimum absolute atomic E-state index is 0.168. The molecule has 3 nitrogen and oxygen atoms in total. The van der Waals surface area contributed by atoms with Crippen molar-refractivity contribution < 1.29 is 8.81 Å². The normalized spacial score (nSPS) is 10.8. The second-order valence-corrected chi connectivity index (χ2v) is 4.69. The van der Waals surface area contributed by atoms with Gasteiger partial charge in [0.05, 0.1) is 11.4 Å². The third-order valence-electron chi connectivity index (χ3n) is 2.44. The average Bonchev–Trinajstić information content (AvgIpc) is 2.60. The summed E-state index contributed by atoms with van der Waals surface area (Å²) in [4.78, 5) is 4.24. The van der Waals surface area contributed by atoms with Gasteiger partial charge in [-0.3, -0.25) is 0 Å². The fourth-order valence-electron chi connectivity index (χ4n) is 1.31. The van der Waals surface area contributed by atoms with Crippen LogP contribution in [0.15, 0.2) is 27.8 Å². The van der Waals surface area contributed by atoms with E-state index in [0.717, 1.165) is 17.0 Å². The van der Waals surface area contributed by atoms with Crippen LogP contribution < -0.4 is 5.73 Å². The zero-order valence-electron chi connectivity index (χ0n) is 9.66. The van der Waals surface area contributed by atoms with E-state index in [1.165, 1.54) is 17.8 Å². The van der Waals surface area contributed by atoms with Crippen LogP contribution in [0.4, 0.5) is 10.1 Å². The number of halogens is 1. The first-order valence-corrected chi connectivity index (χ1v) is 6.15. The zero-order chi connectivity index (χ0) is 12.4. The molecule has 0 aliphatic carbocycles. The van der Waals surface area contributed by atoms with Gasteiger partial charge in [-0.25, -0.2) is 9.37 Å². The Morgan fingerprint density at radius 1 is 1.41 bits per heavy atom. The lowest BCUT2D eigenvalue weighted by Crippen LogP contribution is -1.91. The third kappa shape index (κ3) is 2.79. The number of benzene rings is 1. The topological polar surface area (TPSA) is 52.0 Å². The number of aromatic nitrogens is 1. The highest BCUT2D eigenvalue weighted by atomic mass is 32.2. The van der Waals surface area contributed by atoms with Crippen molar-refractivity contribution in [2.45, 2.75) is 24.8 Å². The summed E-state index contributed by atoms with van der Waals surface area (Å²) in [6.45, 7) is 3.76. The molecule has 0 saturated carbocycles. The van der Waals surface area contributed by atoms with Crippen LogP contribution in [0.25, 0.3) is 0 Å². The van der Waals surface area contributed by atoms with Crippen molar-refractivity contribution in [2.75, 3.05) is 5.73 Å². The Balaban J connectivity index is 2.04. The molecule has 1 aromatic heterocycles. The number of hydrogen-bond donors (Lipinski definition) is 1. The maximum Gasteiger partial charge on any atom is 0.256 e. The Labute approximate surface area is 103 Å². The lowest BCUT2D eigenvalue weighted by Gasteiger charge is -2.01. The summed E-state index contributed by atoms with van der Waals surface area (Å²) in [6, 6.07) is 4.80. The zero-order valence-corrected chi connectivity index (χ0v) is 10.5. The maximum atomic E-state index is 13.2. The number of thioether (sulfide) groups is 1. The predicted octanol–water partition coefficient (Wildman–Crippen LogP) is 3.31. The molecule has 2 aromatic rings. The molecule has 0 aliphatic rings. The number of nitrogens with zero attached hydrogens (tertiary/aromatic N) is 1. The van der Waals surface area contributed by atoms with Crippen molar-refractivity contribution in [2.24, 2.45) is 0 Å². The second-order valence-electron chi connectivity index (χ2n) is 3.77. The van der Waals surface area contributed by atoms with E-state index < -0.39 is 0 Å². The molecule has 2 rings (SSSR count). The van der Waals surface area contributed by atoms with Crippen molar-refractivity contribution in [3.63, 3.8) is 0 Å². The summed E-state index contributed by atoms with van der Waals surface area (Å²) in [5.74, 6) is 1.04. The van der Waals surface area contributed by atoms with Crippen LogP contribution in [0.3, 0.4) is 0 Å². The molecule has 0 radical (unpaired) electrons. The Morgan fingerprint density at radius 2 is 2.18 bits per heavy atom. The van der Waals surface area contributed by atoms with Gasteiger partial charge in [-0.05, 0) is 31.5 Å². The number of rotatable bonds is 3. The molecule has 17 heavy (non-hydrogen) atoms. The Bertz CT molecular complexity index is 520. The van der Waals surface area contributed by atoms with Gasteiger partial charge in [0.2, 0.25) is 0 Å². The van der Waals surface area contributed by atoms with Gasteiger partial charge in [0.1, 0.15) is 11.6 Å². The fraction of sp³-hybridized carbons (Fsp3) is 0.250. The van der Waals surface area contributed by atoms with Gasteiger partial charge in [-0.2, -0.15) is 0 Å². The molecule has 0 amide bonds. The lowest BCUT2D eigenvalue weighted by atomic mass is 10.2. The van der Waals surface area contributed by atoms with E-state index in [2.05, 4.69) is 4.98 Å². The van der Waals surface area contributed by atoms with Gasteiger partial charge >= 0.3 is 0 Å². The van der Waals surface area contributed by atoms with Crippen LogP contribution in [0.1, 0.15) is 17.0 Å². The number of nitrogen functional groups attached to an aromatic ring is 1. The number of hydrogen-bond acceptors (Lipinski definition) is 4. The van der Waals surface area contributed by atoms with E-state index in [1.54, 1.807) is 12.1 Å². The van der Waals surface area contributed by atoms with E-state index in [-0.39, 0.29) is 11.5 Å². The molecular formula is C12H13FN2OS. The van der Waals surface area contributed by atoms with E-state index >= 15 is 0 Å². The van der Waals surface area contributed by atoms with Crippen molar-refractivity contribution in [1.82, 2.24) is 4.98 Å². The van der Waals surface area contributed by atoms with Gasteiger partial charge in [0, 0.05) is 5.75 Å². The molecule has 2 N–H and O–H groups in total. The number of nitrogens with two attached hydrogens (primary N) is 1. The summed E-state index contributed by atoms with van der Waals surface area (Å²) >= 11 is 1.44. The summed E-state index contributed by atoms with van der Waals surface area (Å²) in [5, 5.41) is 0.609. The average molecular weight is 252 g/mol. The van der Waals surface area contributed by atoms with Crippen molar-refractivity contribution in [3.8, 4) is 0 Å². The van der Waals surface area contributed by atoms with E-state index in [9.17, 15) is 4.39 Å². The third-order valence-corrected chi connectivity index (χ3v) is 3.34. The van der Waals surface area contributed by atoms with Crippen LogP contribution in [0.5, 0.6) is 0 Å². The van der Waals surface area contributed by atoms with Crippen LogP contribution in [-0.2, 0) is 5.75 Å². The standard InChI is InChI=1S/C12H13FN2OS/c1-7-8(2)16-12(15-7)17-6-9-3-4-11(14)10(13)5-9/h3-5H,6,14H2,1-2H3. The first kappa shape index (κ1) is 12.0. The smallest absolute Gasteiger partial charge is 0.256 e. The van der Waals surface area contributed by atoms with E-state index in [1.807, 2.05) is 13.8 Å². The highest BCUT2D eigenvalue weighted by Gasteiger charge is 2.07. The molecule has 1 heterocycles. The molecule has 0 saturated heterocycles. The molecule has 0 fully saturated rings. The van der Waals surface area contributed by atoms with E-state index in [0.29, 0.717) is 11.0 Å². The minimum atomic E-state index is -0.386. The molecule has 0 aliphatic heterocycles. The van der Waals surface area contributed by atoms with Gasteiger partial charge in [0.15, 0.2) is 0 Å². The molecule has 0 bridgehead atoms. The lowest BCUT2D eigenvalue weighted by molar-refractivity contribution is 0.431. The van der Waals surface area contributed by atoms with Crippen molar-refractivity contribution in [3.05, 3.63) is 41.0 Å². The fourth-order valence-corrected chi connectivity index (χ4v) is 2.17. The van der Waals surface area contributed by atoms with E-state index in [4.69, 9.17) is 10.2 Å². The summed E-state index contributed by atoms with van der Waals surface area (Å²) < 4.78 is 18.6. The van der Waals surface area contributed by atoms with Crippen LogP contribution in [0, 0.1) is 19.7 Å². The number of anilines is 1.